The van der Waals surface area contributed by atoms with Gasteiger partial charge in [-0.1, -0.05) is 34.5 Å². The first kappa shape index (κ1) is 12.3. The number of aromatic amines is 1. The quantitative estimate of drug-likeness (QED) is 0.923. The van der Waals surface area contributed by atoms with Crippen molar-refractivity contribution >= 4 is 27.5 Å². The lowest BCUT2D eigenvalue weighted by atomic mass is 10.2. The van der Waals surface area contributed by atoms with Crippen LogP contribution >= 0.6 is 27.5 Å². The zero-order valence-corrected chi connectivity index (χ0v) is 11.5. The van der Waals surface area contributed by atoms with E-state index < -0.39 is 0 Å². The van der Waals surface area contributed by atoms with E-state index in [4.69, 9.17) is 11.6 Å². The number of H-pyrrole nitrogens is 1. The van der Waals surface area contributed by atoms with E-state index in [1.54, 1.807) is 6.07 Å². The first-order valence-corrected chi connectivity index (χ1v) is 6.33. The second kappa shape index (κ2) is 5.02. The summed E-state index contributed by atoms with van der Waals surface area (Å²) in [6.07, 6.45) is 0.711. The predicted molar refractivity (Wildman–Crippen MR) is 72.4 cm³/mol. The van der Waals surface area contributed by atoms with Crippen LogP contribution < -0.4 is 5.56 Å². The van der Waals surface area contributed by atoms with Gasteiger partial charge in [0.2, 0.25) is 0 Å². The molecule has 0 fully saturated rings. The van der Waals surface area contributed by atoms with Gasteiger partial charge in [0.25, 0.3) is 5.56 Å². The van der Waals surface area contributed by atoms with Crippen molar-refractivity contribution in [2.45, 2.75) is 13.3 Å². The summed E-state index contributed by atoms with van der Waals surface area (Å²) in [5.74, 6) is 0.501. The number of rotatable bonds is 2. The fourth-order valence-corrected chi connectivity index (χ4v) is 2.06. The minimum atomic E-state index is -0.164. The number of nitrogens with zero attached hydrogens (tertiary/aromatic N) is 1. The lowest BCUT2D eigenvalue weighted by Crippen LogP contribution is -2.10. The summed E-state index contributed by atoms with van der Waals surface area (Å²) in [5.41, 5.74) is 1.30. The number of halogens is 2. The predicted octanol–water partition coefficient (Wildman–Crippen LogP) is 3.42. The first-order valence-electron chi connectivity index (χ1n) is 5.16. The largest absolute Gasteiger partial charge is 0.306 e. The molecule has 1 aromatic heterocycles. The van der Waals surface area contributed by atoms with Gasteiger partial charge in [-0.3, -0.25) is 4.79 Å². The molecule has 2 rings (SSSR count). The highest BCUT2D eigenvalue weighted by molar-refractivity contribution is 9.10. The van der Waals surface area contributed by atoms with Crippen LogP contribution in [0.3, 0.4) is 0 Å². The number of nitrogens with one attached hydrogen (secondary N) is 1. The van der Waals surface area contributed by atoms with Crippen molar-refractivity contribution in [1.82, 2.24) is 9.97 Å². The van der Waals surface area contributed by atoms with E-state index in [0.29, 0.717) is 22.8 Å². The maximum absolute atomic E-state index is 11.5. The number of benzene rings is 1. The Hall–Kier alpha value is -1.13. The fraction of sp³-hybridized carbons (Fsp3) is 0.167. The molecule has 0 unspecified atom stereocenters. The molecule has 3 nitrogen and oxygen atoms in total. The molecule has 2 aromatic rings. The van der Waals surface area contributed by atoms with E-state index in [1.807, 2.05) is 19.1 Å². The summed E-state index contributed by atoms with van der Waals surface area (Å²) in [4.78, 5) is 18.5. The van der Waals surface area contributed by atoms with Gasteiger partial charge >= 0.3 is 0 Å². The highest BCUT2D eigenvalue weighted by Crippen LogP contribution is 2.27. The lowest BCUT2D eigenvalue weighted by Gasteiger charge is -2.05. The Bertz CT molecular complexity index is 610. The molecule has 1 heterocycles. The molecule has 0 amide bonds. The summed E-state index contributed by atoms with van der Waals surface area (Å²) < 4.78 is 0.890. The second-order valence-electron chi connectivity index (χ2n) is 3.56. The van der Waals surface area contributed by atoms with Crippen LogP contribution in [0.25, 0.3) is 11.4 Å². The highest BCUT2D eigenvalue weighted by Gasteiger charge is 2.08. The van der Waals surface area contributed by atoms with Crippen molar-refractivity contribution in [2.75, 3.05) is 0 Å². The summed E-state index contributed by atoms with van der Waals surface area (Å²) in [5, 5.41) is 0.560. The van der Waals surface area contributed by atoms with E-state index in [1.165, 1.54) is 6.07 Å². The van der Waals surface area contributed by atoms with E-state index >= 15 is 0 Å². The SMILES string of the molecule is CCc1cc(=O)[nH]c(-c2cc(Br)ccc2Cl)n1. The van der Waals surface area contributed by atoms with Crippen molar-refractivity contribution in [3.63, 3.8) is 0 Å². The van der Waals surface area contributed by atoms with Crippen molar-refractivity contribution in [1.29, 1.82) is 0 Å². The van der Waals surface area contributed by atoms with Crippen molar-refractivity contribution in [3.05, 3.63) is 49.8 Å². The minimum Gasteiger partial charge on any atom is -0.306 e. The molecule has 0 spiro atoms. The Balaban J connectivity index is 2.63. The average molecular weight is 314 g/mol. The molecule has 0 saturated carbocycles. The summed E-state index contributed by atoms with van der Waals surface area (Å²) in [7, 11) is 0. The molecule has 0 aliphatic heterocycles. The zero-order valence-electron chi connectivity index (χ0n) is 9.13. The molecule has 1 aromatic carbocycles. The van der Waals surface area contributed by atoms with Crippen LogP contribution in [0, 0.1) is 0 Å². The highest BCUT2D eigenvalue weighted by atomic mass is 79.9. The molecular weight excluding hydrogens is 304 g/mol. The fourth-order valence-electron chi connectivity index (χ4n) is 1.50. The third-order valence-electron chi connectivity index (χ3n) is 2.34. The van der Waals surface area contributed by atoms with Crippen LogP contribution in [-0.2, 0) is 6.42 Å². The summed E-state index contributed by atoms with van der Waals surface area (Å²) in [6, 6.07) is 6.93. The molecule has 0 bridgehead atoms. The van der Waals surface area contributed by atoms with Crippen molar-refractivity contribution in [3.8, 4) is 11.4 Å². The number of hydrogen-bond acceptors (Lipinski definition) is 2. The molecule has 17 heavy (non-hydrogen) atoms. The molecule has 0 aliphatic carbocycles. The Morgan fingerprint density at radius 2 is 2.18 bits per heavy atom. The van der Waals surface area contributed by atoms with E-state index in [0.717, 1.165) is 10.2 Å². The van der Waals surface area contributed by atoms with Gasteiger partial charge in [0.15, 0.2) is 0 Å². The molecule has 5 heteroatoms. The topological polar surface area (TPSA) is 45.8 Å². The zero-order chi connectivity index (χ0) is 12.4. The third-order valence-corrected chi connectivity index (χ3v) is 3.16. The number of aromatic nitrogens is 2. The average Bonchev–Trinajstić information content (AvgIpc) is 2.31. The third kappa shape index (κ3) is 2.76. The van der Waals surface area contributed by atoms with E-state index in [2.05, 4.69) is 25.9 Å². The molecule has 0 radical (unpaired) electrons. The monoisotopic (exact) mass is 312 g/mol. The molecule has 88 valence electrons. The van der Waals surface area contributed by atoms with Crippen LogP contribution in [0.5, 0.6) is 0 Å². The van der Waals surface area contributed by atoms with Gasteiger partial charge in [0.1, 0.15) is 5.82 Å². The van der Waals surface area contributed by atoms with E-state index in [9.17, 15) is 4.79 Å². The van der Waals surface area contributed by atoms with Crippen LogP contribution in [-0.4, -0.2) is 9.97 Å². The molecule has 0 aliphatic rings. The van der Waals surface area contributed by atoms with Gasteiger partial charge in [-0.2, -0.15) is 0 Å². The smallest absolute Gasteiger partial charge is 0.251 e. The number of hydrogen-bond donors (Lipinski definition) is 1. The van der Waals surface area contributed by atoms with Gasteiger partial charge in [0, 0.05) is 21.8 Å². The van der Waals surface area contributed by atoms with Gasteiger partial charge in [-0.05, 0) is 24.6 Å². The van der Waals surface area contributed by atoms with Crippen LogP contribution in [0.4, 0.5) is 0 Å². The van der Waals surface area contributed by atoms with Gasteiger partial charge in [0.05, 0.1) is 5.02 Å². The van der Waals surface area contributed by atoms with Crippen LogP contribution in [0.2, 0.25) is 5.02 Å². The molecule has 0 saturated heterocycles. The number of aryl methyl sites for hydroxylation is 1. The lowest BCUT2D eigenvalue weighted by molar-refractivity contribution is 0.987. The molecular formula is C12H10BrClN2O. The van der Waals surface area contributed by atoms with Crippen molar-refractivity contribution < 1.29 is 0 Å². The van der Waals surface area contributed by atoms with E-state index in [-0.39, 0.29) is 5.56 Å². The Labute approximate surface area is 112 Å². The normalized spacial score (nSPS) is 10.5. The molecule has 1 N–H and O–H groups in total. The van der Waals surface area contributed by atoms with Gasteiger partial charge < -0.3 is 4.98 Å². The Kier molecular flexibility index (Phi) is 3.64. The molecule has 0 atom stereocenters. The maximum atomic E-state index is 11.5. The minimum absolute atomic E-state index is 0.164. The Morgan fingerprint density at radius 1 is 1.41 bits per heavy atom. The first-order chi connectivity index (χ1) is 8.10. The van der Waals surface area contributed by atoms with Crippen LogP contribution in [0.1, 0.15) is 12.6 Å². The second-order valence-corrected chi connectivity index (χ2v) is 4.89. The standard InChI is InChI=1S/C12H10BrClN2O/c1-2-8-6-11(17)16-12(15-8)9-5-7(13)3-4-10(9)14/h3-6H,2H2,1H3,(H,15,16,17). The van der Waals surface area contributed by atoms with Gasteiger partial charge in [-0.15, -0.1) is 0 Å². The van der Waals surface area contributed by atoms with Crippen LogP contribution in [0.15, 0.2) is 33.5 Å². The summed E-state index contributed by atoms with van der Waals surface area (Å²) >= 11 is 9.47. The summed E-state index contributed by atoms with van der Waals surface area (Å²) in [6.45, 7) is 1.95. The van der Waals surface area contributed by atoms with Gasteiger partial charge in [-0.25, -0.2) is 4.98 Å². The Morgan fingerprint density at radius 3 is 2.88 bits per heavy atom. The maximum Gasteiger partial charge on any atom is 0.251 e. The van der Waals surface area contributed by atoms with Crippen molar-refractivity contribution in [2.24, 2.45) is 0 Å².